The van der Waals surface area contributed by atoms with E-state index in [1.54, 1.807) is 30.8 Å². The molecule has 0 aromatic carbocycles. The van der Waals surface area contributed by atoms with Crippen molar-refractivity contribution in [2.24, 2.45) is 0 Å². The summed E-state index contributed by atoms with van der Waals surface area (Å²) in [7, 11) is 0. The van der Waals surface area contributed by atoms with Crippen LogP contribution in [0.3, 0.4) is 0 Å². The lowest BCUT2D eigenvalue weighted by molar-refractivity contribution is 0.0927. The van der Waals surface area contributed by atoms with E-state index < -0.39 is 0 Å². The van der Waals surface area contributed by atoms with E-state index in [2.05, 4.69) is 15.2 Å². The Morgan fingerprint density at radius 3 is 2.70 bits per heavy atom. The molecule has 1 N–H and O–H groups in total. The zero-order valence-electron chi connectivity index (χ0n) is 13.3. The van der Waals surface area contributed by atoms with Crippen LogP contribution in [-0.4, -0.2) is 35.4 Å². The molecule has 5 nitrogen and oxygen atoms in total. The fourth-order valence-corrected chi connectivity index (χ4v) is 3.09. The zero-order valence-corrected chi connectivity index (χ0v) is 13.3. The number of carbonyl (C=O) groups is 1. The number of hydrogen-bond acceptors (Lipinski definition) is 4. The Morgan fingerprint density at radius 2 is 2.04 bits per heavy atom. The largest absolute Gasteiger partial charge is 0.468 e. The van der Waals surface area contributed by atoms with Crippen LogP contribution in [-0.2, 0) is 0 Å². The van der Waals surface area contributed by atoms with Crippen LogP contribution in [0, 0.1) is 0 Å². The number of nitrogens with one attached hydrogen (secondary N) is 1. The highest BCUT2D eigenvalue weighted by molar-refractivity contribution is 5.93. The third kappa shape index (κ3) is 4.20. The van der Waals surface area contributed by atoms with Crippen LogP contribution in [0.25, 0.3) is 0 Å². The Hall–Kier alpha value is -2.14. The van der Waals surface area contributed by atoms with E-state index in [4.69, 9.17) is 4.42 Å². The van der Waals surface area contributed by atoms with Gasteiger partial charge in [-0.15, -0.1) is 0 Å². The summed E-state index contributed by atoms with van der Waals surface area (Å²) in [4.78, 5) is 18.7. The molecule has 0 bridgehead atoms. The number of aromatic nitrogens is 1. The van der Waals surface area contributed by atoms with Gasteiger partial charge in [0.25, 0.3) is 5.91 Å². The van der Waals surface area contributed by atoms with Crippen LogP contribution >= 0.6 is 0 Å². The molecule has 1 amide bonds. The molecule has 1 aliphatic rings. The smallest absolute Gasteiger partial charge is 0.252 e. The molecule has 0 radical (unpaired) electrons. The molecule has 1 fully saturated rings. The number of furan rings is 1. The summed E-state index contributed by atoms with van der Waals surface area (Å²) in [6, 6.07) is 7.53. The minimum absolute atomic E-state index is 0.0868. The lowest BCUT2D eigenvalue weighted by atomic mass is 10.1. The van der Waals surface area contributed by atoms with E-state index in [1.807, 2.05) is 12.1 Å². The first-order chi connectivity index (χ1) is 11.3. The summed E-state index contributed by atoms with van der Waals surface area (Å²) >= 11 is 0. The van der Waals surface area contributed by atoms with Crippen molar-refractivity contribution in [3.63, 3.8) is 0 Å². The first-order valence-electron chi connectivity index (χ1n) is 8.30. The molecule has 122 valence electrons. The molecule has 2 aromatic rings. The second kappa shape index (κ2) is 7.92. The molecule has 5 heteroatoms. The lowest BCUT2D eigenvalue weighted by Gasteiger charge is -2.29. The summed E-state index contributed by atoms with van der Waals surface area (Å²) in [5.41, 5.74) is 0.585. The molecule has 1 aliphatic heterocycles. The van der Waals surface area contributed by atoms with Crippen LogP contribution in [0.15, 0.2) is 47.3 Å². The Kier molecular flexibility index (Phi) is 5.42. The zero-order chi connectivity index (χ0) is 15.9. The third-order valence-electron chi connectivity index (χ3n) is 4.33. The highest BCUT2D eigenvalue weighted by atomic mass is 16.3. The average molecular weight is 313 g/mol. The van der Waals surface area contributed by atoms with Crippen molar-refractivity contribution in [1.82, 2.24) is 15.2 Å². The second-order valence-electron chi connectivity index (χ2n) is 5.93. The fourth-order valence-electron chi connectivity index (χ4n) is 3.09. The SMILES string of the molecule is O=C(NCC(c1ccco1)N1CCCCCC1)c1cccnc1. The van der Waals surface area contributed by atoms with Gasteiger partial charge >= 0.3 is 0 Å². The van der Waals surface area contributed by atoms with Crippen LogP contribution in [0.1, 0.15) is 47.8 Å². The number of amides is 1. The van der Waals surface area contributed by atoms with Crippen molar-refractivity contribution in [2.75, 3.05) is 19.6 Å². The minimum atomic E-state index is -0.0931. The van der Waals surface area contributed by atoms with E-state index >= 15 is 0 Å². The Bertz CT molecular complexity index is 590. The summed E-state index contributed by atoms with van der Waals surface area (Å²) < 4.78 is 5.62. The molecule has 1 atom stereocenters. The Morgan fingerprint density at radius 1 is 1.22 bits per heavy atom. The maximum atomic E-state index is 12.3. The first kappa shape index (κ1) is 15.7. The molecule has 3 heterocycles. The number of rotatable bonds is 5. The van der Waals surface area contributed by atoms with Crippen LogP contribution in [0.4, 0.5) is 0 Å². The van der Waals surface area contributed by atoms with Gasteiger partial charge in [-0.05, 0) is 50.2 Å². The van der Waals surface area contributed by atoms with Gasteiger partial charge in [0.15, 0.2) is 0 Å². The molecule has 1 saturated heterocycles. The molecular formula is C18H23N3O2. The van der Waals surface area contributed by atoms with Crippen molar-refractivity contribution < 1.29 is 9.21 Å². The van der Waals surface area contributed by atoms with Gasteiger partial charge in [0, 0.05) is 18.9 Å². The molecule has 1 unspecified atom stereocenters. The average Bonchev–Trinajstić information content (AvgIpc) is 2.99. The van der Waals surface area contributed by atoms with E-state index in [0.29, 0.717) is 12.1 Å². The minimum Gasteiger partial charge on any atom is -0.468 e. The van der Waals surface area contributed by atoms with Crippen molar-refractivity contribution in [3.8, 4) is 0 Å². The molecular weight excluding hydrogens is 290 g/mol. The van der Waals surface area contributed by atoms with Gasteiger partial charge in [-0.25, -0.2) is 0 Å². The van der Waals surface area contributed by atoms with Crippen LogP contribution < -0.4 is 5.32 Å². The second-order valence-corrected chi connectivity index (χ2v) is 5.93. The van der Waals surface area contributed by atoms with Crippen LogP contribution in [0.2, 0.25) is 0 Å². The number of pyridine rings is 1. The number of carbonyl (C=O) groups excluding carboxylic acids is 1. The van der Waals surface area contributed by atoms with Gasteiger partial charge in [-0.3, -0.25) is 14.7 Å². The fraction of sp³-hybridized carbons (Fsp3) is 0.444. The van der Waals surface area contributed by atoms with Gasteiger partial charge in [0.2, 0.25) is 0 Å². The number of likely N-dealkylation sites (tertiary alicyclic amines) is 1. The normalized spacial score (nSPS) is 17.4. The van der Waals surface area contributed by atoms with Gasteiger partial charge in [0.05, 0.1) is 17.9 Å². The van der Waals surface area contributed by atoms with Crippen molar-refractivity contribution >= 4 is 5.91 Å². The molecule has 0 saturated carbocycles. The van der Waals surface area contributed by atoms with E-state index in [9.17, 15) is 4.79 Å². The summed E-state index contributed by atoms with van der Waals surface area (Å²) in [5.74, 6) is 0.822. The number of hydrogen-bond donors (Lipinski definition) is 1. The standard InChI is InChI=1S/C18H23N3O2/c22-18(15-7-5-9-19-13-15)20-14-16(17-8-6-12-23-17)21-10-3-1-2-4-11-21/h5-9,12-13,16H,1-4,10-11,14H2,(H,20,22). The molecule has 0 spiro atoms. The van der Waals surface area contributed by atoms with Gasteiger partial charge in [-0.1, -0.05) is 12.8 Å². The Labute approximate surface area is 136 Å². The highest BCUT2D eigenvalue weighted by Crippen LogP contribution is 2.24. The highest BCUT2D eigenvalue weighted by Gasteiger charge is 2.24. The topological polar surface area (TPSA) is 58.4 Å². The predicted molar refractivity (Wildman–Crippen MR) is 88.1 cm³/mol. The molecule has 23 heavy (non-hydrogen) atoms. The summed E-state index contributed by atoms with van der Waals surface area (Å²) in [6.07, 6.45) is 9.92. The summed E-state index contributed by atoms with van der Waals surface area (Å²) in [5, 5.41) is 3.02. The Balaban J connectivity index is 1.67. The van der Waals surface area contributed by atoms with Gasteiger partial charge < -0.3 is 9.73 Å². The third-order valence-corrected chi connectivity index (χ3v) is 4.33. The van der Waals surface area contributed by atoms with E-state index in [1.165, 1.54) is 25.7 Å². The van der Waals surface area contributed by atoms with Crippen molar-refractivity contribution in [3.05, 3.63) is 54.2 Å². The maximum Gasteiger partial charge on any atom is 0.252 e. The molecule has 3 rings (SSSR count). The molecule has 0 aliphatic carbocycles. The summed E-state index contributed by atoms with van der Waals surface area (Å²) in [6.45, 7) is 2.64. The lowest BCUT2D eigenvalue weighted by Crippen LogP contribution is -2.38. The number of nitrogens with zero attached hydrogens (tertiary/aromatic N) is 2. The molecule has 2 aromatic heterocycles. The first-order valence-corrected chi connectivity index (χ1v) is 8.30. The van der Waals surface area contributed by atoms with Crippen molar-refractivity contribution in [2.45, 2.75) is 31.7 Å². The maximum absolute atomic E-state index is 12.3. The monoisotopic (exact) mass is 313 g/mol. The quantitative estimate of drug-likeness (QED) is 0.922. The van der Waals surface area contributed by atoms with Gasteiger partial charge in [-0.2, -0.15) is 0 Å². The van der Waals surface area contributed by atoms with Crippen LogP contribution in [0.5, 0.6) is 0 Å². The van der Waals surface area contributed by atoms with Crippen molar-refractivity contribution in [1.29, 1.82) is 0 Å². The van der Waals surface area contributed by atoms with Gasteiger partial charge in [0.1, 0.15) is 5.76 Å². The van der Waals surface area contributed by atoms with E-state index in [0.717, 1.165) is 18.8 Å². The predicted octanol–water partition coefficient (Wildman–Crippen LogP) is 3.02. The van der Waals surface area contributed by atoms with E-state index in [-0.39, 0.29) is 11.9 Å².